The van der Waals surface area contributed by atoms with Crippen molar-refractivity contribution in [2.45, 2.75) is 48.8 Å². The number of alkyl halides is 1. The molecule has 1 aliphatic heterocycles. The molecule has 3 aromatic rings. The minimum Gasteiger partial charge on any atom is -0.455 e. The van der Waals surface area contributed by atoms with Crippen LogP contribution in [0.25, 0.3) is 11.2 Å². The van der Waals surface area contributed by atoms with Crippen LogP contribution in [0.4, 0.5) is 10.2 Å². The summed E-state index contributed by atoms with van der Waals surface area (Å²) >= 11 is 6.75. The van der Waals surface area contributed by atoms with E-state index in [4.69, 9.17) is 31.5 Å². The first-order valence-electron chi connectivity index (χ1n) is 9.74. The molecule has 10 nitrogen and oxygen atoms in total. The number of carbonyl (C=O) groups is 2. The van der Waals surface area contributed by atoms with Gasteiger partial charge in [0.05, 0.1) is 6.33 Å². The molecule has 174 valence electrons. The number of esters is 2. The number of thioether (sulfide) groups is 1. The van der Waals surface area contributed by atoms with Gasteiger partial charge in [-0.2, -0.15) is 0 Å². The number of aromatic nitrogens is 4. The SMILES string of the molecule is CC(=O)O[C@@H]1[C@H](OC(C)=O)[C@@H](C(F)Sc2ccc(Cl)cc2)O[C@H]1n1cnc2c(N)ncnc21. The van der Waals surface area contributed by atoms with Crippen molar-refractivity contribution < 1.29 is 28.2 Å². The number of nitrogen functional groups attached to an aromatic ring is 1. The molecule has 0 aliphatic carbocycles. The Balaban J connectivity index is 1.71. The van der Waals surface area contributed by atoms with Crippen LogP contribution < -0.4 is 5.73 Å². The molecule has 0 bridgehead atoms. The van der Waals surface area contributed by atoms with Crippen LogP contribution in [0.3, 0.4) is 0 Å². The van der Waals surface area contributed by atoms with Gasteiger partial charge < -0.3 is 19.9 Å². The van der Waals surface area contributed by atoms with Crippen LogP contribution in [-0.4, -0.2) is 55.3 Å². The second-order valence-electron chi connectivity index (χ2n) is 7.15. The van der Waals surface area contributed by atoms with E-state index < -0.39 is 42.0 Å². The van der Waals surface area contributed by atoms with E-state index >= 15 is 4.39 Å². The molecular formula is C20H19ClFN5O5S. The van der Waals surface area contributed by atoms with E-state index in [0.717, 1.165) is 11.8 Å². The molecule has 0 radical (unpaired) electrons. The fraction of sp³-hybridized carbons (Fsp3) is 0.350. The summed E-state index contributed by atoms with van der Waals surface area (Å²) in [4.78, 5) is 36.5. The summed E-state index contributed by atoms with van der Waals surface area (Å²) in [5.41, 5.74) is 4.75. The van der Waals surface area contributed by atoms with Crippen LogP contribution in [-0.2, 0) is 23.8 Å². The average Bonchev–Trinajstić information content (AvgIpc) is 3.32. The second-order valence-corrected chi connectivity index (χ2v) is 8.74. The van der Waals surface area contributed by atoms with E-state index in [1.165, 1.54) is 31.1 Å². The molecule has 1 unspecified atom stereocenters. The number of fused-ring (bicyclic) bond motifs is 1. The fourth-order valence-corrected chi connectivity index (χ4v) is 4.54. The first-order chi connectivity index (χ1) is 15.7. The number of imidazole rings is 1. The molecule has 4 rings (SSSR count). The van der Waals surface area contributed by atoms with Gasteiger partial charge in [-0.15, -0.1) is 0 Å². The van der Waals surface area contributed by atoms with Crippen molar-refractivity contribution in [3.8, 4) is 0 Å². The molecule has 2 N–H and O–H groups in total. The molecular weight excluding hydrogens is 477 g/mol. The maximum Gasteiger partial charge on any atom is 0.303 e. The van der Waals surface area contributed by atoms with E-state index in [-0.39, 0.29) is 11.5 Å². The molecule has 2 aromatic heterocycles. The van der Waals surface area contributed by atoms with Crippen molar-refractivity contribution in [3.63, 3.8) is 0 Å². The highest BCUT2D eigenvalue weighted by molar-refractivity contribution is 7.99. The highest BCUT2D eigenvalue weighted by atomic mass is 35.5. The lowest BCUT2D eigenvalue weighted by Gasteiger charge is -2.24. The number of anilines is 1. The number of rotatable bonds is 6. The van der Waals surface area contributed by atoms with Gasteiger partial charge in [-0.25, -0.2) is 19.3 Å². The van der Waals surface area contributed by atoms with Crippen molar-refractivity contribution in [2.75, 3.05) is 5.73 Å². The Morgan fingerprint density at radius 3 is 2.48 bits per heavy atom. The van der Waals surface area contributed by atoms with E-state index in [1.54, 1.807) is 24.3 Å². The Kier molecular flexibility index (Phi) is 6.68. The predicted molar refractivity (Wildman–Crippen MR) is 117 cm³/mol. The van der Waals surface area contributed by atoms with Gasteiger partial charge in [0.15, 0.2) is 35.4 Å². The molecule has 1 aromatic carbocycles. The van der Waals surface area contributed by atoms with Crippen LogP contribution in [0.5, 0.6) is 0 Å². The molecule has 33 heavy (non-hydrogen) atoms. The number of hydrogen-bond acceptors (Lipinski definition) is 10. The molecule has 0 saturated carbocycles. The fourth-order valence-electron chi connectivity index (χ4n) is 3.51. The molecule has 0 amide bonds. The zero-order chi connectivity index (χ0) is 23.7. The first kappa shape index (κ1) is 23.2. The van der Waals surface area contributed by atoms with Gasteiger partial charge in [0.1, 0.15) is 17.9 Å². The van der Waals surface area contributed by atoms with Gasteiger partial charge in [0.2, 0.25) is 0 Å². The van der Waals surface area contributed by atoms with Crippen LogP contribution in [0.2, 0.25) is 5.02 Å². The standard InChI is InChI=1S/C20H19ClFN5O5S/c1-9(28)30-14-15(17(22)33-12-5-3-11(21)4-6-12)32-20(16(14)31-10(2)29)27-8-26-13-18(23)24-7-25-19(13)27/h3-8,14-17,20H,1-2H3,(H2,23,24,25)/t14-,15+,16-,17?,20-/m1/s1. The lowest BCUT2D eigenvalue weighted by Crippen LogP contribution is -2.41. The van der Waals surface area contributed by atoms with Gasteiger partial charge in [0.25, 0.3) is 0 Å². The molecule has 1 fully saturated rings. The number of nitrogens with zero attached hydrogens (tertiary/aromatic N) is 4. The summed E-state index contributed by atoms with van der Waals surface area (Å²) in [6, 6.07) is 6.56. The zero-order valence-corrected chi connectivity index (χ0v) is 19.0. The Labute approximate surface area is 196 Å². The molecule has 3 heterocycles. The number of ether oxygens (including phenoxy) is 3. The van der Waals surface area contributed by atoms with Crippen molar-refractivity contribution >= 4 is 52.3 Å². The Morgan fingerprint density at radius 1 is 1.15 bits per heavy atom. The quantitative estimate of drug-likeness (QED) is 0.402. The number of halogens is 2. The number of carbonyl (C=O) groups excluding carboxylic acids is 2. The highest BCUT2D eigenvalue weighted by Crippen LogP contribution is 2.41. The van der Waals surface area contributed by atoms with E-state index in [0.29, 0.717) is 15.4 Å². The van der Waals surface area contributed by atoms with E-state index in [1.807, 2.05) is 0 Å². The van der Waals surface area contributed by atoms with Crippen molar-refractivity contribution in [3.05, 3.63) is 41.9 Å². The minimum atomic E-state index is -1.69. The summed E-state index contributed by atoms with van der Waals surface area (Å²) in [5, 5.41) is 0.507. The smallest absolute Gasteiger partial charge is 0.303 e. The lowest BCUT2D eigenvalue weighted by atomic mass is 10.1. The third-order valence-corrected chi connectivity index (χ3v) is 6.10. The van der Waals surface area contributed by atoms with Crippen LogP contribution in [0, 0.1) is 0 Å². The topological polar surface area (TPSA) is 131 Å². The minimum absolute atomic E-state index is 0.135. The lowest BCUT2D eigenvalue weighted by molar-refractivity contribution is -0.165. The number of nitrogens with two attached hydrogens (primary N) is 1. The van der Waals surface area contributed by atoms with Gasteiger partial charge in [-0.3, -0.25) is 14.2 Å². The molecule has 13 heteroatoms. The Hall–Kier alpha value is -2.96. The predicted octanol–water partition coefficient (Wildman–Crippen LogP) is 2.91. The van der Waals surface area contributed by atoms with Gasteiger partial charge in [0, 0.05) is 23.8 Å². The van der Waals surface area contributed by atoms with Crippen molar-refractivity contribution in [1.82, 2.24) is 19.5 Å². The van der Waals surface area contributed by atoms with Crippen molar-refractivity contribution in [1.29, 1.82) is 0 Å². The maximum absolute atomic E-state index is 15.5. The van der Waals surface area contributed by atoms with Crippen LogP contribution in [0.15, 0.2) is 41.8 Å². The summed E-state index contributed by atoms with van der Waals surface area (Å²) < 4.78 is 33.7. The zero-order valence-electron chi connectivity index (χ0n) is 17.4. The van der Waals surface area contributed by atoms with Gasteiger partial charge >= 0.3 is 11.9 Å². The molecule has 1 saturated heterocycles. The summed E-state index contributed by atoms with van der Waals surface area (Å²) in [6.45, 7) is 2.37. The monoisotopic (exact) mass is 495 g/mol. The van der Waals surface area contributed by atoms with Gasteiger partial charge in [-0.05, 0) is 24.3 Å². The molecule has 5 atom stereocenters. The Bertz CT molecular complexity index is 1180. The van der Waals surface area contributed by atoms with E-state index in [9.17, 15) is 9.59 Å². The molecule has 0 spiro atoms. The number of benzene rings is 1. The third kappa shape index (κ3) is 4.87. The van der Waals surface area contributed by atoms with Crippen LogP contribution in [0.1, 0.15) is 20.1 Å². The normalized spacial score (nSPS) is 23.4. The van der Waals surface area contributed by atoms with E-state index in [2.05, 4.69) is 15.0 Å². The van der Waals surface area contributed by atoms with Crippen molar-refractivity contribution in [2.24, 2.45) is 0 Å². The largest absolute Gasteiger partial charge is 0.455 e. The average molecular weight is 496 g/mol. The number of hydrogen-bond donors (Lipinski definition) is 1. The first-order valence-corrected chi connectivity index (χ1v) is 11.0. The highest BCUT2D eigenvalue weighted by Gasteiger charge is 2.53. The third-order valence-electron chi connectivity index (χ3n) is 4.81. The molecule has 1 aliphatic rings. The Morgan fingerprint density at radius 2 is 1.82 bits per heavy atom. The summed E-state index contributed by atoms with van der Waals surface area (Å²) in [6.07, 6.45) is -2.17. The maximum atomic E-state index is 15.5. The van der Waals surface area contributed by atoms with Gasteiger partial charge in [-0.1, -0.05) is 23.4 Å². The second kappa shape index (κ2) is 9.49. The summed E-state index contributed by atoms with van der Waals surface area (Å²) in [7, 11) is 0. The van der Waals surface area contributed by atoms with Crippen LogP contribution >= 0.6 is 23.4 Å². The summed E-state index contributed by atoms with van der Waals surface area (Å²) in [5.74, 6) is -1.21.